The summed E-state index contributed by atoms with van der Waals surface area (Å²) in [5.74, 6) is 2.18. The minimum Gasteiger partial charge on any atom is -0.147 e. The van der Waals surface area contributed by atoms with Crippen LogP contribution in [0.25, 0.3) is 12.2 Å². The average Bonchev–Trinajstić information content (AvgIpc) is 3.48. The largest absolute Gasteiger partial charge is 0.147 e. The van der Waals surface area contributed by atoms with E-state index in [1.54, 1.807) is 44.5 Å². The molecule has 0 aromatic heterocycles. The van der Waals surface area contributed by atoms with Gasteiger partial charge in [-0.3, -0.25) is 0 Å². The van der Waals surface area contributed by atoms with Crippen molar-refractivity contribution in [2.75, 3.05) is 0 Å². The summed E-state index contributed by atoms with van der Waals surface area (Å²) >= 11 is -3.37. The molecule has 0 bridgehead atoms. The molecule has 2 aromatic rings. The number of allylic oxidation sites excluding steroid dienone is 2. The Morgan fingerprint density at radius 3 is 1.20 bits per heavy atom. The molecule has 0 N–H and O–H groups in total. The van der Waals surface area contributed by atoms with Crippen LogP contribution in [-0.2, 0) is 14.0 Å². The van der Waals surface area contributed by atoms with E-state index in [-0.39, 0.29) is 24.8 Å². The minimum atomic E-state index is -3.37. The van der Waals surface area contributed by atoms with Crippen molar-refractivity contribution in [1.29, 1.82) is 0 Å². The molecule has 0 fully saturated rings. The van der Waals surface area contributed by atoms with Crippen molar-refractivity contribution in [2.24, 2.45) is 0 Å². The Bertz CT molecular complexity index is 1350. The summed E-state index contributed by atoms with van der Waals surface area (Å²) in [6.07, 6.45) is 13.0. The smallest absolute Gasteiger partial charge is 0.147 e. The SMILES string of the molecule is CCCCC1=Cc2c(C(C)C)cc(C(C)C)cc2[CH]1[Ti]([CH3])([CH3])(=[SiH2])[CH]1C(CCCC)=Cc2c(C(C)C)cc(C(C)C)cc21.Cl.Cl. The van der Waals surface area contributed by atoms with Crippen molar-refractivity contribution < 1.29 is 14.0 Å². The molecule has 0 aliphatic heterocycles. The fourth-order valence-electron chi connectivity index (χ4n) is 8.42. The number of unbranched alkanes of at least 4 members (excludes halogenated alkanes) is 2. The molecule has 246 valence electrons. The molecule has 2 aromatic carbocycles. The third-order valence-electron chi connectivity index (χ3n) is 10.7. The van der Waals surface area contributed by atoms with Crippen LogP contribution in [0.3, 0.4) is 0 Å². The van der Waals surface area contributed by atoms with E-state index in [9.17, 15) is 0 Å². The van der Waals surface area contributed by atoms with Gasteiger partial charge in [-0.05, 0) is 0 Å². The zero-order chi connectivity index (χ0) is 31.2. The Hall–Kier alpha value is -0.569. The molecule has 0 saturated heterocycles. The van der Waals surface area contributed by atoms with Crippen LogP contribution in [0.5, 0.6) is 0 Å². The van der Waals surface area contributed by atoms with Gasteiger partial charge in [-0.2, -0.15) is 0 Å². The van der Waals surface area contributed by atoms with Crippen molar-refractivity contribution in [2.45, 2.75) is 150 Å². The first-order valence-corrected chi connectivity index (χ1v) is 26.4. The molecular formula is C40H64Cl2SiTi. The summed E-state index contributed by atoms with van der Waals surface area (Å²) in [6.45, 7) is 23.9. The summed E-state index contributed by atoms with van der Waals surface area (Å²) in [4.78, 5) is 0. The van der Waals surface area contributed by atoms with Crippen LogP contribution in [0.1, 0.15) is 184 Å². The molecule has 4 rings (SSSR count). The molecule has 2 aliphatic carbocycles. The second-order valence-electron chi connectivity index (χ2n) is 16.3. The van der Waals surface area contributed by atoms with E-state index in [0.29, 0.717) is 32.1 Å². The van der Waals surface area contributed by atoms with Gasteiger partial charge in [0.15, 0.2) is 0 Å². The summed E-state index contributed by atoms with van der Waals surface area (Å²) in [6, 6.07) is 10.4. The monoisotopic (exact) mass is 690 g/mol. The second-order valence-corrected chi connectivity index (χ2v) is 36.5. The molecular weight excluding hydrogens is 627 g/mol. The van der Waals surface area contributed by atoms with Gasteiger partial charge in [-0.15, -0.1) is 24.8 Å². The summed E-state index contributed by atoms with van der Waals surface area (Å²) < 4.78 is 1.20. The Balaban J connectivity index is 0.00000337. The molecule has 0 amide bonds. The van der Waals surface area contributed by atoms with Gasteiger partial charge >= 0.3 is 264 Å². The minimum absolute atomic E-state index is 0. The Morgan fingerprint density at radius 2 is 0.932 bits per heavy atom. The van der Waals surface area contributed by atoms with Crippen molar-refractivity contribution in [3.8, 4) is 0 Å². The fraction of sp³-hybridized carbons (Fsp3) is 0.600. The normalized spacial score (nSPS) is 17.9. The van der Waals surface area contributed by atoms with Gasteiger partial charge in [-0.25, -0.2) is 0 Å². The predicted molar refractivity (Wildman–Crippen MR) is 204 cm³/mol. The Kier molecular flexibility index (Phi) is 13.6. The zero-order valence-corrected chi connectivity index (χ0v) is 34.8. The van der Waals surface area contributed by atoms with Gasteiger partial charge in [0.05, 0.1) is 0 Å². The van der Waals surface area contributed by atoms with Crippen LogP contribution < -0.4 is 0 Å². The standard InChI is InChI=1S/2C19H27.2CH3.2ClH.H2Si.Ti/c2*1-6-7-8-15-9-17-11-16(13(2)3)12-18(14(4)5)19(17)10-15;;;;;;/h2*9-14H,6-8H2,1-5H3;2*1H3;2*1H;1H2;. The van der Waals surface area contributed by atoms with Gasteiger partial charge in [0.1, 0.15) is 0 Å². The van der Waals surface area contributed by atoms with E-state index in [2.05, 4.69) is 124 Å². The molecule has 0 radical (unpaired) electrons. The average molecular weight is 692 g/mol. The van der Waals surface area contributed by atoms with E-state index in [1.165, 1.54) is 49.7 Å². The van der Waals surface area contributed by atoms with E-state index in [1.807, 2.05) is 0 Å². The van der Waals surface area contributed by atoms with Crippen LogP contribution in [0.2, 0.25) is 10.5 Å². The number of benzene rings is 2. The summed E-state index contributed by atoms with van der Waals surface area (Å²) in [5, 5.41) is 5.70. The molecule has 0 spiro atoms. The number of rotatable bonds is 12. The molecule has 2 atom stereocenters. The molecule has 44 heavy (non-hydrogen) atoms. The van der Waals surface area contributed by atoms with Crippen LogP contribution in [-0.4, -0.2) is 7.63 Å². The molecule has 0 nitrogen and oxygen atoms in total. The van der Waals surface area contributed by atoms with Crippen molar-refractivity contribution in [3.05, 3.63) is 79.9 Å². The first kappa shape index (κ1) is 39.6. The molecule has 0 saturated carbocycles. The van der Waals surface area contributed by atoms with Gasteiger partial charge in [0, 0.05) is 0 Å². The van der Waals surface area contributed by atoms with Crippen LogP contribution in [0, 0.1) is 0 Å². The van der Waals surface area contributed by atoms with E-state index < -0.39 is 14.0 Å². The number of halogens is 2. The summed E-state index contributed by atoms with van der Waals surface area (Å²) in [7, 11) is 2.53. The summed E-state index contributed by atoms with van der Waals surface area (Å²) in [5.41, 5.74) is 16.3. The van der Waals surface area contributed by atoms with Crippen molar-refractivity contribution >= 4 is 44.6 Å². The number of hydrogen-bond donors (Lipinski definition) is 0. The maximum Gasteiger partial charge on any atom is -0.147 e. The second kappa shape index (κ2) is 15.1. The molecule has 2 aliphatic rings. The van der Waals surface area contributed by atoms with Crippen molar-refractivity contribution in [1.82, 2.24) is 0 Å². The van der Waals surface area contributed by atoms with Crippen LogP contribution in [0.4, 0.5) is 0 Å². The maximum absolute atomic E-state index is 3.37. The molecule has 0 heterocycles. The van der Waals surface area contributed by atoms with E-state index >= 15 is 0 Å². The molecule has 2 unspecified atom stereocenters. The van der Waals surface area contributed by atoms with Crippen LogP contribution in [0.15, 0.2) is 35.4 Å². The third-order valence-corrected chi connectivity index (χ3v) is 22.1. The van der Waals surface area contributed by atoms with E-state index in [4.69, 9.17) is 0 Å². The quantitative estimate of drug-likeness (QED) is 0.194. The maximum atomic E-state index is 2.85. The van der Waals surface area contributed by atoms with Crippen LogP contribution >= 0.6 is 24.8 Å². The zero-order valence-electron chi connectivity index (χ0n) is 30.2. The Morgan fingerprint density at radius 1 is 0.591 bits per heavy atom. The first-order chi connectivity index (χ1) is 19.6. The van der Waals surface area contributed by atoms with Gasteiger partial charge in [0.2, 0.25) is 0 Å². The number of hydrogen-bond acceptors (Lipinski definition) is 0. The van der Waals surface area contributed by atoms with E-state index in [0.717, 1.165) is 0 Å². The topological polar surface area (TPSA) is 0 Å². The van der Waals surface area contributed by atoms with Gasteiger partial charge in [-0.1, -0.05) is 0 Å². The molecule has 4 heteroatoms. The Labute approximate surface area is 287 Å². The van der Waals surface area contributed by atoms with Crippen molar-refractivity contribution in [3.63, 3.8) is 0 Å². The first-order valence-electron chi connectivity index (χ1n) is 17.4. The van der Waals surface area contributed by atoms with Gasteiger partial charge in [0.25, 0.3) is 0 Å². The third kappa shape index (κ3) is 7.44. The predicted octanol–water partition coefficient (Wildman–Crippen LogP) is 13.3. The number of fused-ring (bicyclic) bond motifs is 2. The fourth-order valence-corrected chi connectivity index (χ4v) is 21.4. The van der Waals surface area contributed by atoms with Gasteiger partial charge < -0.3 is 0 Å².